The van der Waals surface area contributed by atoms with E-state index in [0.29, 0.717) is 5.06 Å². The van der Waals surface area contributed by atoms with Crippen LogP contribution in [0.3, 0.4) is 0 Å². The van der Waals surface area contributed by atoms with Crippen LogP contribution in [0, 0.1) is 0 Å². The van der Waals surface area contributed by atoms with Gasteiger partial charge in [0.2, 0.25) is 0 Å². The van der Waals surface area contributed by atoms with E-state index in [0.717, 1.165) is 45.9 Å². The van der Waals surface area contributed by atoms with E-state index in [1.807, 2.05) is 6.92 Å². The number of rotatable bonds is 4. The highest BCUT2D eigenvalue weighted by Crippen LogP contribution is 1.93. The third-order valence-corrected chi connectivity index (χ3v) is 2.23. The number of hydrogen-bond acceptors (Lipinski definition) is 3. The van der Waals surface area contributed by atoms with Crippen LogP contribution in [0.5, 0.6) is 0 Å². The van der Waals surface area contributed by atoms with Crippen molar-refractivity contribution in [2.24, 2.45) is 0 Å². The molecule has 1 saturated heterocycles. The van der Waals surface area contributed by atoms with Gasteiger partial charge in [0.1, 0.15) is 13.1 Å². The lowest BCUT2D eigenvalue weighted by Crippen LogP contribution is -3.10. The number of ether oxygens (including phenoxy) is 1. The first-order chi connectivity index (χ1) is 5.83. The monoisotopic (exact) mass is 175 g/mol. The van der Waals surface area contributed by atoms with Crippen molar-refractivity contribution in [3.63, 3.8) is 0 Å². The summed E-state index contributed by atoms with van der Waals surface area (Å²) >= 11 is 0. The Morgan fingerprint density at radius 3 is 2.67 bits per heavy atom. The molecule has 0 aromatic carbocycles. The van der Waals surface area contributed by atoms with E-state index >= 15 is 0 Å². The Hall–Kier alpha value is -0.160. The minimum atomic E-state index is 0.612. The molecule has 0 radical (unpaired) electrons. The molecule has 0 saturated carbocycles. The van der Waals surface area contributed by atoms with Gasteiger partial charge in [-0.2, -0.15) is 5.06 Å². The van der Waals surface area contributed by atoms with Gasteiger partial charge in [-0.25, -0.2) is 5.21 Å². The fourth-order valence-corrected chi connectivity index (χ4v) is 1.29. The SMILES string of the molecule is CC[NH+](O)CCN1CCOCC1. The molecule has 1 aliphatic heterocycles. The van der Waals surface area contributed by atoms with E-state index in [1.165, 1.54) is 0 Å². The highest BCUT2D eigenvalue weighted by Gasteiger charge is 2.11. The van der Waals surface area contributed by atoms with Crippen LogP contribution >= 0.6 is 0 Å². The first-order valence-corrected chi connectivity index (χ1v) is 4.66. The average molecular weight is 175 g/mol. The zero-order valence-electron chi connectivity index (χ0n) is 7.75. The fraction of sp³-hybridized carbons (Fsp3) is 1.00. The molecule has 4 heteroatoms. The summed E-state index contributed by atoms with van der Waals surface area (Å²) in [7, 11) is 0. The maximum atomic E-state index is 9.25. The zero-order valence-corrected chi connectivity index (χ0v) is 7.75. The lowest BCUT2D eigenvalue weighted by atomic mass is 10.4. The molecular weight excluding hydrogens is 156 g/mol. The minimum Gasteiger partial charge on any atom is -0.379 e. The molecule has 1 atom stereocenters. The molecule has 0 aliphatic carbocycles. The Kier molecular flexibility index (Phi) is 4.53. The van der Waals surface area contributed by atoms with Crippen molar-refractivity contribution in [1.82, 2.24) is 4.90 Å². The van der Waals surface area contributed by atoms with Gasteiger partial charge in [0, 0.05) is 13.1 Å². The van der Waals surface area contributed by atoms with E-state index < -0.39 is 0 Å². The van der Waals surface area contributed by atoms with E-state index in [1.54, 1.807) is 0 Å². The summed E-state index contributed by atoms with van der Waals surface area (Å²) in [5.41, 5.74) is 0. The van der Waals surface area contributed by atoms with Crippen LogP contribution in [-0.4, -0.2) is 56.0 Å². The quantitative estimate of drug-likeness (QED) is 0.517. The number of morpholine rings is 1. The third-order valence-electron chi connectivity index (χ3n) is 2.23. The highest BCUT2D eigenvalue weighted by atomic mass is 16.5. The summed E-state index contributed by atoms with van der Waals surface area (Å²) in [5, 5.41) is 9.86. The molecule has 1 unspecified atom stereocenters. The van der Waals surface area contributed by atoms with E-state index in [-0.39, 0.29) is 0 Å². The van der Waals surface area contributed by atoms with Crippen molar-refractivity contribution < 1.29 is 15.0 Å². The van der Waals surface area contributed by atoms with Crippen molar-refractivity contribution >= 4 is 0 Å². The Bertz CT molecular complexity index is 116. The number of quaternary nitrogens is 1. The van der Waals surface area contributed by atoms with Crippen LogP contribution in [0.2, 0.25) is 0 Å². The van der Waals surface area contributed by atoms with Gasteiger partial charge in [0.15, 0.2) is 0 Å². The molecule has 72 valence electrons. The molecule has 1 aliphatic rings. The second kappa shape index (κ2) is 5.48. The Morgan fingerprint density at radius 1 is 1.42 bits per heavy atom. The number of likely N-dealkylation sites (N-methyl/N-ethyl adjacent to an activating group) is 1. The topological polar surface area (TPSA) is 37.1 Å². The van der Waals surface area contributed by atoms with Gasteiger partial charge in [-0.05, 0) is 6.92 Å². The average Bonchev–Trinajstić information content (AvgIpc) is 2.16. The lowest BCUT2D eigenvalue weighted by molar-refractivity contribution is -1.09. The Balaban J connectivity index is 2.05. The molecule has 0 amide bonds. The van der Waals surface area contributed by atoms with Gasteiger partial charge in [-0.15, -0.1) is 0 Å². The second-order valence-corrected chi connectivity index (χ2v) is 3.12. The normalized spacial score (nSPS) is 22.5. The van der Waals surface area contributed by atoms with Crippen molar-refractivity contribution in [2.75, 3.05) is 45.9 Å². The number of hydrogen-bond donors (Lipinski definition) is 2. The van der Waals surface area contributed by atoms with Crippen molar-refractivity contribution in [3.05, 3.63) is 0 Å². The molecule has 0 aromatic rings. The summed E-state index contributed by atoms with van der Waals surface area (Å²) in [4.78, 5) is 2.33. The van der Waals surface area contributed by atoms with Gasteiger partial charge < -0.3 is 4.74 Å². The smallest absolute Gasteiger partial charge is 0.120 e. The first-order valence-electron chi connectivity index (χ1n) is 4.66. The molecule has 0 bridgehead atoms. The number of nitrogens with zero attached hydrogens (tertiary/aromatic N) is 1. The largest absolute Gasteiger partial charge is 0.379 e. The minimum absolute atomic E-state index is 0.612. The van der Waals surface area contributed by atoms with Crippen LogP contribution in [-0.2, 0) is 4.74 Å². The molecule has 1 fully saturated rings. The summed E-state index contributed by atoms with van der Waals surface area (Å²) in [5.74, 6) is 0. The summed E-state index contributed by atoms with van der Waals surface area (Å²) in [6, 6.07) is 0. The highest BCUT2D eigenvalue weighted by molar-refractivity contribution is 4.59. The summed E-state index contributed by atoms with van der Waals surface area (Å²) in [6.45, 7) is 8.26. The van der Waals surface area contributed by atoms with E-state index in [9.17, 15) is 5.21 Å². The molecule has 1 heterocycles. The lowest BCUT2D eigenvalue weighted by Gasteiger charge is -2.26. The predicted molar refractivity (Wildman–Crippen MR) is 45.4 cm³/mol. The van der Waals surface area contributed by atoms with E-state index in [4.69, 9.17) is 4.74 Å². The number of hydroxylamine groups is 2. The van der Waals surface area contributed by atoms with Crippen LogP contribution in [0.1, 0.15) is 6.92 Å². The fourth-order valence-electron chi connectivity index (χ4n) is 1.29. The van der Waals surface area contributed by atoms with Gasteiger partial charge >= 0.3 is 0 Å². The zero-order chi connectivity index (χ0) is 8.81. The Labute approximate surface area is 73.7 Å². The molecule has 0 spiro atoms. The van der Waals surface area contributed by atoms with Crippen molar-refractivity contribution in [2.45, 2.75) is 6.92 Å². The van der Waals surface area contributed by atoms with Gasteiger partial charge in [-0.3, -0.25) is 4.90 Å². The maximum Gasteiger partial charge on any atom is 0.120 e. The van der Waals surface area contributed by atoms with Gasteiger partial charge in [-0.1, -0.05) is 0 Å². The Morgan fingerprint density at radius 2 is 2.08 bits per heavy atom. The molecule has 12 heavy (non-hydrogen) atoms. The molecular formula is C8H19N2O2+. The van der Waals surface area contributed by atoms with Gasteiger partial charge in [0.25, 0.3) is 0 Å². The summed E-state index contributed by atoms with van der Waals surface area (Å²) in [6.07, 6.45) is 0. The molecule has 4 nitrogen and oxygen atoms in total. The van der Waals surface area contributed by atoms with Crippen LogP contribution in [0.4, 0.5) is 0 Å². The van der Waals surface area contributed by atoms with E-state index in [2.05, 4.69) is 4.90 Å². The van der Waals surface area contributed by atoms with Crippen LogP contribution in [0.25, 0.3) is 0 Å². The summed E-state index contributed by atoms with van der Waals surface area (Å²) < 4.78 is 5.22. The maximum absolute atomic E-state index is 9.25. The van der Waals surface area contributed by atoms with Crippen LogP contribution in [0.15, 0.2) is 0 Å². The predicted octanol–water partition coefficient (Wildman–Crippen LogP) is -1.39. The standard InChI is InChI=1S/C8H18N2O2/c1-2-10(11)4-3-9-5-7-12-8-6-9/h11H,2-8H2,1H3/p+1. The van der Waals surface area contributed by atoms with Crippen LogP contribution < -0.4 is 5.06 Å². The first kappa shape index (κ1) is 9.92. The van der Waals surface area contributed by atoms with Gasteiger partial charge in [0.05, 0.1) is 19.8 Å². The molecule has 2 N–H and O–H groups in total. The number of nitrogens with one attached hydrogen (secondary N) is 1. The van der Waals surface area contributed by atoms with Crippen molar-refractivity contribution in [3.8, 4) is 0 Å². The molecule has 1 rings (SSSR count). The molecule has 0 aromatic heterocycles. The third kappa shape index (κ3) is 3.49. The second-order valence-electron chi connectivity index (χ2n) is 3.12. The van der Waals surface area contributed by atoms with Crippen molar-refractivity contribution in [1.29, 1.82) is 0 Å².